The van der Waals surface area contributed by atoms with Crippen molar-refractivity contribution in [1.82, 2.24) is 4.98 Å². The Morgan fingerprint density at radius 1 is 1.21 bits per heavy atom. The molecule has 0 aliphatic carbocycles. The highest BCUT2D eigenvalue weighted by Gasteiger charge is 2.27. The Morgan fingerprint density at radius 3 is 2.96 bits per heavy atom. The minimum Gasteiger partial charge on any atom is -0.497 e. The van der Waals surface area contributed by atoms with E-state index in [-0.39, 0.29) is 5.91 Å². The summed E-state index contributed by atoms with van der Waals surface area (Å²) in [5, 5.41) is 1.84. The van der Waals surface area contributed by atoms with Crippen molar-refractivity contribution in [3.8, 4) is 11.5 Å². The number of ether oxygens (including phenoxy) is 2. The van der Waals surface area contributed by atoms with Gasteiger partial charge in [-0.1, -0.05) is 24.3 Å². The lowest BCUT2D eigenvalue weighted by Crippen LogP contribution is -2.38. The van der Waals surface area contributed by atoms with Gasteiger partial charge in [0, 0.05) is 17.6 Å². The predicted molar refractivity (Wildman–Crippen MR) is 91.9 cm³/mol. The third-order valence-electron chi connectivity index (χ3n) is 4.15. The van der Waals surface area contributed by atoms with E-state index in [2.05, 4.69) is 4.98 Å². The van der Waals surface area contributed by atoms with Gasteiger partial charge in [-0.05, 0) is 23.6 Å². The van der Waals surface area contributed by atoms with Gasteiger partial charge in [-0.3, -0.25) is 14.7 Å². The zero-order valence-electron chi connectivity index (χ0n) is 13.2. The molecule has 1 aromatic heterocycles. The molecule has 0 saturated carbocycles. The molecule has 0 atom stereocenters. The summed E-state index contributed by atoms with van der Waals surface area (Å²) in [7, 11) is 1.60. The van der Waals surface area contributed by atoms with Crippen molar-refractivity contribution in [2.75, 3.05) is 25.2 Å². The average molecular weight is 320 g/mol. The summed E-state index contributed by atoms with van der Waals surface area (Å²) in [5.41, 5.74) is 1.16. The van der Waals surface area contributed by atoms with Crippen LogP contribution in [0, 0.1) is 0 Å². The fraction of sp³-hybridized carbons (Fsp3) is 0.158. The van der Waals surface area contributed by atoms with Crippen molar-refractivity contribution in [2.24, 2.45) is 0 Å². The van der Waals surface area contributed by atoms with Gasteiger partial charge in [0.15, 0.2) is 0 Å². The highest BCUT2D eigenvalue weighted by Crippen LogP contribution is 2.36. The van der Waals surface area contributed by atoms with Crippen LogP contribution in [0.1, 0.15) is 10.5 Å². The summed E-state index contributed by atoms with van der Waals surface area (Å²) >= 11 is 0. The second-order valence-corrected chi connectivity index (χ2v) is 5.52. The number of nitrogens with zero attached hydrogens (tertiary/aromatic N) is 2. The van der Waals surface area contributed by atoms with E-state index in [1.165, 1.54) is 0 Å². The number of fused-ring (bicyclic) bond motifs is 2. The van der Waals surface area contributed by atoms with E-state index in [1.807, 2.05) is 48.5 Å². The molecule has 0 N–H and O–H groups in total. The summed E-state index contributed by atoms with van der Waals surface area (Å²) in [6.45, 7) is 0.930. The molecule has 0 saturated heterocycles. The molecular weight excluding hydrogens is 304 g/mol. The number of pyridine rings is 1. The van der Waals surface area contributed by atoms with Crippen molar-refractivity contribution in [3.05, 3.63) is 60.4 Å². The first-order valence-corrected chi connectivity index (χ1v) is 7.74. The normalized spacial score (nSPS) is 13.3. The Balaban J connectivity index is 1.81. The highest BCUT2D eigenvalue weighted by atomic mass is 16.5. The summed E-state index contributed by atoms with van der Waals surface area (Å²) in [6, 6.07) is 15.1. The van der Waals surface area contributed by atoms with Gasteiger partial charge in [-0.15, -0.1) is 0 Å². The molecule has 24 heavy (non-hydrogen) atoms. The van der Waals surface area contributed by atoms with Crippen LogP contribution in [0.25, 0.3) is 10.8 Å². The summed E-state index contributed by atoms with van der Waals surface area (Å²) in [5.74, 6) is 1.23. The van der Waals surface area contributed by atoms with E-state index in [0.29, 0.717) is 36.0 Å². The second-order valence-electron chi connectivity index (χ2n) is 5.52. The first-order valence-electron chi connectivity index (χ1n) is 7.74. The number of rotatable bonds is 2. The number of hydrogen-bond acceptors (Lipinski definition) is 4. The lowest BCUT2D eigenvalue weighted by molar-refractivity contribution is 0.0973. The summed E-state index contributed by atoms with van der Waals surface area (Å²) in [6.07, 6.45) is 1.67. The van der Waals surface area contributed by atoms with Crippen molar-refractivity contribution < 1.29 is 14.3 Å². The van der Waals surface area contributed by atoms with Crippen LogP contribution in [-0.2, 0) is 0 Å². The van der Waals surface area contributed by atoms with Gasteiger partial charge in [-0.2, -0.15) is 0 Å². The molecule has 2 heterocycles. The fourth-order valence-corrected chi connectivity index (χ4v) is 2.95. The van der Waals surface area contributed by atoms with Crippen molar-refractivity contribution in [1.29, 1.82) is 0 Å². The lowest BCUT2D eigenvalue weighted by Gasteiger charge is -2.29. The third kappa shape index (κ3) is 2.34. The molecule has 0 radical (unpaired) electrons. The molecule has 4 rings (SSSR count). The molecule has 5 nitrogen and oxygen atoms in total. The molecule has 3 aromatic rings. The summed E-state index contributed by atoms with van der Waals surface area (Å²) in [4.78, 5) is 19.2. The number of aromatic nitrogens is 1. The number of hydrogen-bond donors (Lipinski definition) is 0. The molecule has 0 spiro atoms. The number of carbonyl (C=O) groups excluding carboxylic acids is 1. The second kappa shape index (κ2) is 5.85. The Hall–Kier alpha value is -3.08. The van der Waals surface area contributed by atoms with E-state index in [0.717, 1.165) is 10.8 Å². The molecule has 5 heteroatoms. The first-order chi connectivity index (χ1) is 11.8. The Labute approximate surface area is 139 Å². The predicted octanol–water partition coefficient (Wildman–Crippen LogP) is 3.28. The maximum absolute atomic E-state index is 13.1. The van der Waals surface area contributed by atoms with Gasteiger partial charge in [0.1, 0.15) is 23.8 Å². The van der Waals surface area contributed by atoms with Crippen LogP contribution in [0.5, 0.6) is 11.5 Å². The SMILES string of the molecule is COc1ccc2c(c1)N(C(=O)c1nccc3ccccc13)CCO2. The van der Waals surface area contributed by atoms with Crippen molar-refractivity contribution in [2.45, 2.75) is 0 Å². The smallest absolute Gasteiger partial charge is 0.277 e. The topological polar surface area (TPSA) is 51.7 Å². The van der Waals surface area contributed by atoms with Gasteiger partial charge >= 0.3 is 0 Å². The quantitative estimate of drug-likeness (QED) is 0.727. The van der Waals surface area contributed by atoms with Gasteiger partial charge in [0.2, 0.25) is 0 Å². The van der Waals surface area contributed by atoms with Gasteiger partial charge in [0.05, 0.1) is 19.3 Å². The van der Waals surface area contributed by atoms with E-state index < -0.39 is 0 Å². The van der Waals surface area contributed by atoms with Gasteiger partial charge in [0.25, 0.3) is 5.91 Å². The Morgan fingerprint density at radius 2 is 2.08 bits per heavy atom. The maximum Gasteiger partial charge on any atom is 0.277 e. The monoisotopic (exact) mass is 320 g/mol. The van der Waals surface area contributed by atoms with Crippen molar-refractivity contribution >= 4 is 22.4 Å². The van der Waals surface area contributed by atoms with Crippen LogP contribution in [0.4, 0.5) is 5.69 Å². The van der Waals surface area contributed by atoms with Crippen LogP contribution in [0.2, 0.25) is 0 Å². The molecule has 1 amide bonds. The van der Waals surface area contributed by atoms with E-state index in [9.17, 15) is 4.79 Å². The zero-order valence-corrected chi connectivity index (χ0v) is 13.2. The number of carbonyl (C=O) groups is 1. The molecule has 120 valence electrons. The lowest BCUT2D eigenvalue weighted by atomic mass is 10.1. The number of benzene rings is 2. The number of anilines is 1. The molecule has 2 aromatic carbocycles. The minimum atomic E-state index is -0.135. The summed E-state index contributed by atoms with van der Waals surface area (Å²) < 4.78 is 10.9. The molecular formula is C19H16N2O3. The van der Waals surface area contributed by atoms with E-state index >= 15 is 0 Å². The minimum absolute atomic E-state index is 0.135. The first kappa shape index (κ1) is 14.5. The van der Waals surface area contributed by atoms with Gasteiger partial charge in [-0.25, -0.2) is 0 Å². The fourth-order valence-electron chi connectivity index (χ4n) is 2.95. The Kier molecular flexibility index (Phi) is 3.54. The number of methoxy groups -OCH3 is 1. The Bertz CT molecular complexity index is 918. The molecule has 1 aliphatic rings. The zero-order chi connectivity index (χ0) is 16.5. The van der Waals surface area contributed by atoms with E-state index in [1.54, 1.807) is 18.2 Å². The van der Waals surface area contributed by atoms with E-state index in [4.69, 9.17) is 9.47 Å². The molecule has 0 fully saturated rings. The van der Waals surface area contributed by atoms with Crippen LogP contribution in [0.15, 0.2) is 54.7 Å². The van der Waals surface area contributed by atoms with Crippen molar-refractivity contribution in [3.63, 3.8) is 0 Å². The van der Waals surface area contributed by atoms with Crippen LogP contribution >= 0.6 is 0 Å². The highest BCUT2D eigenvalue weighted by molar-refractivity contribution is 6.13. The third-order valence-corrected chi connectivity index (χ3v) is 4.15. The number of amides is 1. The van der Waals surface area contributed by atoms with Crippen LogP contribution in [0.3, 0.4) is 0 Å². The maximum atomic E-state index is 13.1. The largest absolute Gasteiger partial charge is 0.497 e. The standard InChI is InChI=1S/C19H16N2O3/c1-23-14-6-7-17-16(12-14)21(10-11-24-17)19(22)18-15-5-3-2-4-13(15)8-9-20-18/h2-9,12H,10-11H2,1H3. The van der Waals surface area contributed by atoms with Crippen LogP contribution in [-0.4, -0.2) is 31.2 Å². The molecule has 0 bridgehead atoms. The van der Waals surface area contributed by atoms with Gasteiger partial charge < -0.3 is 9.47 Å². The molecule has 0 unspecified atom stereocenters. The average Bonchev–Trinajstić information content (AvgIpc) is 2.66. The molecule has 1 aliphatic heterocycles. The van der Waals surface area contributed by atoms with Crippen LogP contribution < -0.4 is 14.4 Å².